The van der Waals surface area contributed by atoms with Crippen molar-refractivity contribution in [3.05, 3.63) is 0 Å². The van der Waals surface area contributed by atoms with E-state index in [2.05, 4.69) is 4.90 Å². The van der Waals surface area contributed by atoms with E-state index in [0.29, 0.717) is 17.7 Å². The molecule has 2 bridgehead atoms. The van der Waals surface area contributed by atoms with Gasteiger partial charge in [0.15, 0.2) is 0 Å². The first-order chi connectivity index (χ1) is 9.33. The predicted octanol–water partition coefficient (Wildman–Crippen LogP) is 2.15. The topological polar surface area (TPSA) is 38.5 Å². The van der Waals surface area contributed by atoms with Crippen molar-refractivity contribution in [2.75, 3.05) is 19.7 Å². The minimum Gasteiger partial charge on any atom is -0.375 e. The van der Waals surface area contributed by atoms with Crippen molar-refractivity contribution >= 4 is 0 Å². The Balaban J connectivity index is 1.62. The fourth-order valence-corrected chi connectivity index (χ4v) is 5.78. The van der Waals surface area contributed by atoms with Gasteiger partial charge in [-0.2, -0.15) is 0 Å². The lowest BCUT2D eigenvalue weighted by atomic mass is 9.76. The largest absolute Gasteiger partial charge is 0.375 e. The van der Waals surface area contributed by atoms with Crippen LogP contribution in [0.4, 0.5) is 0 Å². The van der Waals surface area contributed by atoms with Crippen molar-refractivity contribution < 1.29 is 4.74 Å². The van der Waals surface area contributed by atoms with Crippen molar-refractivity contribution in [1.82, 2.24) is 4.90 Å². The second kappa shape index (κ2) is 4.71. The molecule has 0 aromatic heterocycles. The summed E-state index contributed by atoms with van der Waals surface area (Å²) in [5.74, 6) is 1.85. The van der Waals surface area contributed by atoms with Gasteiger partial charge in [-0.1, -0.05) is 19.3 Å². The van der Waals surface area contributed by atoms with Crippen molar-refractivity contribution in [2.45, 2.75) is 69.1 Å². The maximum Gasteiger partial charge on any atom is 0.0731 e. The Hall–Kier alpha value is -0.120. The zero-order valence-electron chi connectivity index (χ0n) is 12.0. The number of nitrogens with two attached hydrogens (primary N) is 1. The summed E-state index contributed by atoms with van der Waals surface area (Å²) in [5, 5.41) is 0. The van der Waals surface area contributed by atoms with Gasteiger partial charge < -0.3 is 10.5 Å². The van der Waals surface area contributed by atoms with Crippen molar-refractivity contribution in [1.29, 1.82) is 0 Å². The standard InChI is InChI=1S/C16H28N2O/c17-11-16(10-12-5-6-13(16)9-12)18-7-8-19-15-4-2-1-3-14(15)18/h12-15H,1-11,17H2. The van der Waals surface area contributed by atoms with Gasteiger partial charge in [0.1, 0.15) is 0 Å². The van der Waals surface area contributed by atoms with Crippen LogP contribution in [0, 0.1) is 11.8 Å². The molecule has 4 rings (SSSR count). The second-order valence-electron chi connectivity index (χ2n) is 7.34. The molecule has 19 heavy (non-hydrogen) atoms. The lowest BCUT2D eigenvalue weighted by Gasteiger charge is -2.55. The molecule has 0 aromatic carbocycles. The van der Waals surface area contributed by atoms with Crippen LogP contribution in [0.25, 0.3) is 0 Å². The van der Waals surface area contributed by atoms with Crippen molar-refractivity contribution in [2.24, 2.45) is 17.6 Å². The monoisotopic (exact) mass is 264 g/mol. The van der Waals surface area contributed by atoms with Crippen LogP contribution in [0.3, 0.4) is 0 Å². The summed E-state index contributed by atoms with van der Waals surface area (Å²) < 4.78 is 6.06. The first-order valence-electron chi connectivity index (χ1n) is 8.42. The Bertz CT molecular complexity index is 346. The summed E-state index contributed by atoms with van der Waals surface area (Å²) in [4.78, 5) is 2.84. The van der Waals surface area contributed by atoms with E-state index in [-0.39, 0.29) is 0 Å². The highest BCUT2D eigenvalue weighted by Gasteiger charge is 2.56. The first-order valence-corrected chi connectivity index (χ1v) is 8.42. The van der Waals surface area contributed by atoms with E-state index < -0.39 is 0 Å². The highest BCUT2D eigenvalue weighted by atomic mass is 16.5. The predicted molar refractivity (Wildman–Crippen MR) is 75.9 cm³/mol. The third-order valence-corrected chi connectivity index (χ3v) is 6.60. The van der Waals surface area contributed by atoms with Gasteiger partial charge in [-0.05, 0) is 43.9 Å². The number of hydrogen-bond acceptors (Lipinski definition) is 3. The van der Waals surface area contributed by atoms with Crippen LogP contribution in [0.1, 0.15) is 51.4 Å². The minimum atomic E-state index is 0.340. The average molecular weight is 264 g/mol. The molecule has 0 aromatic rings. The van der Waals surface area contributed by atoms with E-state index in [1.165, 1.54) is 51.4 Å². The smallest absolute Gasteiger partial charge is 0.0731 e. The van der Waals surface area contributed by atoms with Crippen LogP contribution in [-0.2, 0) is 4.74 Å². The van der Waals surface area contributed by atoms with E-state index in [1.807, 2.05) is 0 Å². The van der Waals surface area contributed by atoms with Crippen LogP contribution in [-0.4, -0.2) is 42.3 Å². The van der Waals surface area contributed by atoms with Crippen LogP contribution in [0.2, 0.25) is 0 Å². The number of hydrogen-bond donors (Lipinski definition) is 1. The fraction of sp³-hybridized carbons (Fsp3) is 1.00. The summed E-state index contributed by atoms with van der Waals surface area (Å²) in [5.41, 5.74) is 6.67. The Morgan fingerprint density at radius 1 is 1.16 bits per heavy atom. The minimum absolute atomic E-state index is 0.340. The maximum atomic E-state index is 6.33. The van der Waals surface area contributed by atoms with Gasteiger partial charge in [0, 0.05) is 24.7 Å². The summed E-state index contributed by atoms with van der Waals surface area (Å²) in [6.45, 7) is 2.93. The number of ether oxygens (including phenoxy) is 1. The van der Waals surface area contributed by atoms with E-state index >= 15 is 0 Å². The SMILES string of the molecule is NCC1(N2CCOC3CCCCC32)CC2CCC1C2. The fourth-order valence-electron chi connectivity index (χ4n) is 5.78. The normalized spacial score (nSPS) is 50.4. The molecule has 0 radical (unpaired) electrons. The van der Waals surface area contributed by atoms with Crippen LogP contribution >= 0.6 is 0 Å². The molecular weight excluding hydrogens is 236 g/mol. The zero-order valence-corrected chi connectivity index (χ0v) is 12.0. The Labute approximate surface area is 116 Å². The summed E-state index contributed by atoms with van der Waals surface area (Å²) in [6, 6.07) is 0.672. The summed E-state index contributed by atoms with van der Waals surface area (Å²) >= 11 is 0. The second-order valence-corrected chi connectivity index (χ2v) is 7.34. The third-order valence-electron chi connectivity index (χ3n) is 6.60. The summed E-state index contributed by atoms with van der Waals surface area (Å²) in [6.07, 6.45) is 11.6. The van der Waals surface area contributed by atoms with Gasteiger partial charge in [-0.25, -0.2) is 0 Å². The van der Waals surface area contributed by atoms with Gasteiger partial charge in [0.25, 0.3) is 0 Å². The molecular formula is C16H28N2O. The molecule has 2 N–H and O–H groups in total. The molecule has 3 aliphatic carbocycles. The van der Waals surface area contributed by atoms with Crippen molar-refractivity contribution in [3.63, 3.8) is 0 Å². The van der Waals surface area contributed by atoms with Gasteiger partial charge in [-0.15, -0.1) is 0 Å². The molecule has 0 spiro atoms. The Morgan fingerprint density at radius 3 is 2.79 bits per heavy atom. The highest BCUT2D eigenvalue weighted by molar-refractivity contribution is 5.11. The highest BCUT2D eigenvalue weighted by Crippen LogP contribution is 2.54. The number of nitrogens with zero attached hydrogens (tertiary/aromatic N) is 1. The summed E-state index contributed by atoms with van der Waals surface area (Å²) in [7, 11) is 0. The van der Waals surface area contributed by atoms with E-state index in [4.69, 9.17) is 10.5 Å². The number of morpholine rings is 1. The Morgan fingerprint density at radius 2 is 2.05 bits per heavy atom. The van der Waals surface area contributed by atoms with E-state index in [9.17, 15) is 0 Å². The molecule has 0 amide bonds. The molecule has 5 unspecified atom stereocenters. The van der Waals surface area contributed by atoms with Gasteiger partial charge >= 0.3 is 0 Å². The molecule has 4 aliphatic rings. The molecule has 1 heterocycles. The molecule has 5 atom stereocenters. The van der Waals surface area contributed by atoms with Crippen molar-refractivity contribution in [3.8, 4) is 0 Å². The zero-order chi connectivity index (χ0) is 12.9. The Kier molecular flexibility index (Phi) is 3.13. The molecule has 3 saturated carbocycles. The quantitative estimate of drug-likeness (QED) is 0.830. The molecule has 1 aliphatic heterocycles. The van der Waals surface area contributed by atoms with Gasteiger partial charge in [0.2, 0.25) is 0 Å². The maximum absolute atomic E-state index is 6.33. The van der Waals surface area contributed by atoms with Gasteiger partial charge in [-0.3, -0.25) is 4.90 Å². The molecule has 1 saturated heterocycles. The van der Waals surface area contributed by atoms with Crippen LogP contribution in [0.15, 0.2) is 0 Å². The lowest BCUT2D eigenvalue weighted by Crippen LogP contribution is -2.66. The molecule has 4 fully saturated rings. The number of rotatable bonds is 2. The van der Waals surface area contributed by atoms with E-state index in [0.717, 1.165) is 31.5 Å². The average Bonchev–Trinajstić information content (AvgIpc) is 3.07. The lowest BCUT2D eigenvalue weighted by molar-refractivity contribution is -0.136. The number of fused-ring (bicyclic) bond motifs is 3. The molecule has 3 nitrogen and oxygen atoms in total. The van der Waals surface area contributed by atoms with Crippen LogP contribution in [0.5, 0.6) is 0 Å². The third kappa shape index (κ3) is 1.81. The van der Waals surface area contributed by atoms with Crippen LogP contribution < -0.4 is 5.73 Å². The van der Waals surface area contributed by atoms with Gasteiger partial charge in [0.05, 0.1) is 12.7 Å². The van der Waals surface area contributed by atoms with E-state index in [1.54, 1.807) is 0 Å². The molecule has 108 valence electrons. The molecule has 3 heteroatoms. The first kappa shape index (κ1) is 12.6.